The highest BCUT2D eigenvalue weighted by molar-refractivity contribution is 6.42. The number of aryl methyl sites for hydroxylation is 1. The molecule has 1 N–H and O–H groups in total. The molecule has 3 aromatic carbocycles. The Labute approximate surface area is 152 Å². The second kappa shape index (κ2) is 5.76. The van der Waals surface area contributed by atoms with Gasteiger partial charge in [0, 0.05) is 23.4 Å². The van der Waals surface area contributed by atoms with Crippen LogP contribution in [0.4, 0.5) is 0 Å². The lowest BCUT2D eigenvalue weighted by atomic mass is 9.92. The molecule has 4 nitrogen and oxygen atoms in total. The standard InChI is InChI=1S/C19H12Cl2N2O2/c1-23-19(25)15(17(24)18(21)22-23)14-10-6-2-4-8-12(10)16(20)13-9-5-3-7-11(13)14/h2-9,24H,1H3. The van der Waals surface area contributed by atoms with E-state index in [-0.39, 0.29) is 16.5 Å². The number of rotatable bonds is 1. The van der Waals surface area contributed by atoms with Crippen LogP contribution in [0.15, 0.2) is 53.3 Å². The van der Waals surface area contributed by atoms with Crippen molar-refractivity contribution >= 4 is 44.7 Å². The minimum atomic E-state index is -0.431. The molecule has 25 heavy (non-hydrogen) atoms. The number of hydrogen-bond donors (Lipinski definition) is 1. The molecule has 0 radical (unpaired) electrons. The molecule has 0 saturated carbocycles. The van der Waals surface area contributed by atoms with Gasteiger partial charge in [0.05, 0.1) is 10.6 Å². The van der Waals surface area contributed by atoms with Crippen LogP contribution in [-0.4, -0.2) is 14.9 Å². The fraction of sp³-hybridized carbons (Fsp3) is 0.0526. The minimum Gasteiger partial charge on any atom is -0.504 e. The zero-order valence-corrected chi connectivity index (χ0v) is 14.6. The Bertz CT molecular complexity index is 1160. The molecule has 0 atom stereocenters. The van der Waals surface area contributed by atoms with Crippen molar-refractivity contribution in [2.24, 2.45) is 7.05 Å². The predicted molar refractivity (Wildman–Crippen MR) is 102 cm³/mol. The summed E-state index contributed by atoms with van der Waals surface area (Å²) in [6.45, 7) is 0. The van der Waals surface area contributed by atoms with E-state index in [1.807, 2.05) is 48.5 Å². The summed E-state index contributed by atoms with van der Waals surface area (Å²) in [5.74, 6) is -0.331. The van der Waals surface area contributed by atoms with Gasteiger partial charge in [0.1, 0.15) is 0 Å². The molecule has 0 aliphatic rings. The minimum absolute atomic E-state index is 0.117. The normalized spacial score (nSPS) is 11.3. The summed E-state index contributed by atoms with van der Waals surface area (Å²) in [6, 6.07) is 15.0. The van der Waals surface area contributed by atoms with Crippen LogP contribution in [0, 0.1) is 0 Å². The molecule has 1 heterocycles. The largest absolute Gasteiger partial charge is 0.504 e. The van der Waals surface area contributed by atoms with Crippen molar-refractivity contribution in [1.82, 2.24) is 9.78 Å². The first-order chi connectivity index (χ1) is 12.0. The number of hydrogen-bond acceptors (Lipinski definition) is 3. The summed E-state index contributed by atoms with van der Waals surface area (Å²) < 4.78 is 1.12. The van der Waals surface area contributed by atoms with Crippen molar-refractivity contribution in [3.63, 3.8) is 0 Å². The number of halogens is 2. The van der Waals surface area contributed by atoms with Crippen molar-refractivity contribution in [1.29, 1.82) is 0 Å². The molecule has 0 spiro atoms. The average Bonchev–Trinajstić information content (AvgIpc) is 2.63. The van der Waals surface area contributed by atoms with Gasteiger partial charge in [-0.2, -0.15) is 5.10 Å². The summed E-state index contributed by atoms with van der Waals surface area (Å²) in [5.41, 5.74) is 0.282. The van der Waals surface area contributed by atoms with Gasteiger partial charge in [-0.1, -0.05) is 71.7 Å². The Balaban J connectivity index is 2.34. The zero-order chi connectivity index (χ0) is 17.7. The van der Waals surface area contributed by atoms with Crippen LogP contribution in [0.5, 0.6) is 5.75 Å². The molecule has 0 saturated heterocycles. The smallest absolute Gasteiger partial charge is 0.278 e. The maximum absolute atomic E-state index is 12.8. The molecule has 0 unspecified atom stereocenters. The number of aromatic nitrogens is 2. The van der Waals surface area contributed by atoms with Gasteiger partial charge in [-0.3, -0.25) is 4.79 Å². The number of nitrogens with zero attached hydrogens (tertiary/aromatic N) is 2. The lowest BCUT2D eigenvalue weighted by Gasteiger charge is -2.15. The van der Waals surface area contributed by atoms with Gasteiger partial charge in [0.25, 0.3) is 5.56 Å². The van der Waals surface area contributed by atoms with Crippen molar-refractivity contribution in [2.75, 3.05) is 0 Å². The Morgan fingerprint density at radius 2 is 1.36 bits per heavy atom. The van der Waals surface area contributed by atoms with Gasteiger partial charge in [0.2, 0.25) is 0 Å². The van der Waals surface area contributed by atoms with E-state index in [2.05, 4.69) is 5.10 Å². The SMILES string of the molecule is Cn1nc(Cl)c(O)c(-c2c3ccccc3c(Cl)c3ccccc23)c1=O. The van der Waals surface area contributed by atoms with Crippen molar-refractivity contribution in [3.05, 3.63) is 69.1 Å². The maximum atomic E-state index is 12.8. The van der Waals surface area contributed by atoms with E-state index < -0.39 is 5.56 Å². The first-order valence-corrected chi connectivity index (χ1v) is 8.31. The molecule has 0 aliphatic carbocycles. The highest BCUT2D eigenvalue weighted by atomic mass is 35.5. The summed E-state index contributed by atoms with van der Waals surface area (Å²) in [6.07, 6.45) is 0. The van der Waals surface area contributed by atoms with E-state index in [0.29, 0.717) is 10.6 Å². The molecule has 4 rings (SSSR count). The third kappa shape index (κ3) is 2.29. The molecular weight excluding hydrogens is 359 g/mol. The fourth-order valence-corrected chi connectivity index (χ4v) is 3.70. The van der Waals surface area contributed by atoms with Gasteiger partial charge in [-0.25, -0.2) is 4.68 Å². The number of benzene rings is 3. The van der Waals surface area contributed by atoms with Crippen LogP contribution in [-0.2, 0) is 7.05 Å². The van der Waals surface area contributed by atoms with Gasteiger partial charge >= 0.3 is 0 Å². The van der Waals surface area contributed by atoms with Crippen molar-refractivity contribution in [2.45, 2.75) is 0 Å². The highest BCUT2D eigenvalue weighted by Crippen LogP contribution is 2.43. The van der Waals surface area contributed by atoms with Crippen molar-refractivity contribution < 1.29 is 5.11 Å². The Hall–Kier alpha value is -2.56. The molecule has 6 heteroatoms. The fourth-order valence-electron chi connectivity index (χ4n) is 3.16. The third-order valence-corrected chi connectivity index (χ3v) is 4.96. The lowest BCUT2D eigenvalue weighted by molar-refractivity contribution is 0.467. The Morgan fingerprint density at radius 3 is 1.88 bits per heavy atom. The topological polar surface area (TPSA) is 55.1 Å². The molecule has 0 amide bonds. The quantitative estimate of drug-likeness (QED) is 0.491. The van der Waals surface area contributed by atoms with Crippen LogP contribution in [0.25, 0.3) is 32.7 Å². The molecule has 0 aliphatic heterocycles. The van der Waals surface area contributed by atoms with Crippen LogP contribution in [0.2, 0.25) is 10.2 Å². The highest BCUT2D eigenvalue weighted by Gasteiger charge is 2.22. The molecule has 124 valence electrons. The first kappa shape index (κ1) is 15.9. The van der Waals surface area contributed by atoms with E-state index in [1.165, 1.54) is 7.05 Å². The lowest BCUT2D eigenvalue weighted by Crippen LogP contribution is -2.21. The Morgan fingerprint density at radius 1 is 0.880 bits per heavy atom. The second-order valence-corrected chi connectivity index (χ2v) is 6.46. The second-order valence-electron chi connectivity index (χ2n) is 5.72. The van der Waals surface area contributed by atoms with Gasteiger partial charge < -0.3 is 5.11 Å². The summed E-state index contributed by atoms with van der Waals surface area (Å²) >= 11 is 12.6. The molecule has 0 fully saturated rings. The summed E-state index contributed by atoms with van der Waals surface area (Å²) in [4.78, 5) is 12.8. The van der Waals surface area contributed by atoms with E-state index >= 15 is 0 Å². The van der Waals surface area contributed by atoms with Crippen molar-refractivity contribution in [3.8, 4) is 16.9 Å². The monoisotopic (exact) mass is 370 g/mol. The van der Waals surface area contributed by atoms with E-state index in [9.17, 15) is 9.90 Å². The third-order valence-electron chi connectivity index (χ3n) is 4.29. The zero-order valence-electron chi connectivity index (χ0n) is 13.1. The number of fused-ring (bicyclic) bond motifs is 2. The summed E-state index contributed by atoms with van der Waals surface area (Å²) in [7, 11) is 1.50. The van der Waals surface area contributed by atoms with E-state index in [0.717, 1.165) is 26.2 Å². The van der Waals surface area contributed by atoms with Gasteiger partial charge in [-0.15, -0.1) is 0 Å². The molecule has 4 aromatic rings. The maximum Gasteiger partial charge on any atom is 0.278 e. The van der Waals surface area contributed by atoms with Gasteiger partial charge in [0.15, 0.2) is 10.9 Å². The summed E-state index contributed by atoms with van der Waals surface area (Å²) in [5, 5.41) is 17.9. The predicted octanol–water partition coefficient (Wildman–Crippen LogP) is 4.77. The Kier molecular flexibility index (Phi) is 3.67. The van der Waals surface area contributed by atoms with Crippen LogP contribution in [0.1, 0.15) is 0 Å². The van der Waals surface area contributed by atoms with Crippen LogP contribution in [0.3, 0.4) is 0 Å². The van der Waals surface area contributed by atoms with E-state index in [4.69, 9.17) is 23.2 Å². The number of aromatic hydroxyl groups is 1. The van der Waals surface area contributed by atoms with Crippen LogP contribution >= 0.6 is 23.2 Å². The van der Waals surface area contributed by atoms with Crippen LogP contribution < -0.4 is 5.56 Å². The molecule has 1 aromatic heterocycles. The van der Waals surface area contributed by atoms with Gasteiger partial charge in [-0.05, 0) is 10.8 Å². The van der Waals surface area contributed by atoms with E-state index in [1.54, 1.807) is 0 Å². The molecular formula is C19H12Cl2N2O2. The first-order valence-electron chi connectivity index (χ1n) is 7.55. The average molecular weight is 371 g/mol. The molecule has 0 bridgehead atoms.